The Labute approximate surface area is 159 Å². The second-order valence-electron chi connectivity index (χ2n) is 4.70. The summed E-state index contributed by atoms with van der Waals surface area (Å²) in [6.45, 7) is 0.390. The molecule has 0 aliphatic heterocycles. The molecule has 0 radical (unpaired) electrons. The number of benzene rings is 2. The van der Waals surface area contributed by atoms with Gasteiger partial charge in [0.15, 0.2) is 5.96 Å². The molecule has 24 heavy (non-hydrogen) atoms. The molecular weight excluding hydrogens is 421 g/mol. The van der Waals surface area contributed by atoms with Crippen molar-refractivity contribution in [2.45, 2.75) is 6.54 Å². The summed E-state index contributed by atoms with van der Waals surface area (Å²) in [5, 5.41) is 3.03. The summed E-state index contributed by atoms with van der Waals surface area (Å²) in [5.41, 5.74) is 7.62. The van der Waals surface area contributed by atoms with Crippen molar-refractivity contribution in [2.75, 3.05) is 26.6 Å². The quantitative estimate of drug-likeness (QED) is 0.407. The fraction of sp³-hybridized carbons (Fsp3) is 0.235. The molecule has 0 heterocycles. The third kappa shape index (κ3) is 5.19. The maximum absolute atomic E-state index is 5.94. The first-order chi connectivity index (χ1) is 11.2. The smallest absolute Gasteiger partial charge is 0.193 e. The third-order valence-corrected chi connectivity index (χ3v) is 3.28. The molecule has 0 saturated carbocycles. The Bertz CT molecular complexity index is 693. The predicted molar refractivity (Wildman–Crippen MR) is 107 cm³/mol. The van der Waals surface area contributed by atoms with E-state index in [1.54, 1.807) is 21.3 Å². The normalized spacial score (nSPS) is 10.5. The van der Waals surface area contributed by atoms with Crippen LogP contribution in [0.2, 0.25) is 0 Å². The number of guanidine groups is 1. The minimum atomic E-state index is 0. The molecule has 7 heteroatoms. The highest BCUT2D eigenvalue weighted by molar-refractivity contribution is 14.0. The van der Waals surface area contributed by atoms with E-state index in [9.17, 15) is 0 Å². The summed E-state index contributed by atoms with van der Waals surface area (Å²) in [5.74, 6) is 2.44. The predicted octanol–water partition coefficient (Wildman–Crippen LogP) is 3.26. The number of nitrogens with two attached hydrogens (primary N) is 1. The zero-order valence-electron chi connectivity index (χ0n) is 13.9. The SMILES string of the molecule is COc1ccc(CN=C(N)Nc2ccccc2OC)c(OC)c1.I. The van der Waals surface area contributed by atoms with E-state index < -0.39 is 0 Å². The molecular formula is C17H22IN3O3. The number of halogens is 1. The van der Waals surface area contributed by atoms with Gasteiger partial charge in [0.05, 0.1) is 33.6 Å². The molecule has 2 aromatic carbocycles. The number of ether oxygens (including phenoxy) is 3. The highest BCUT2D eigenvalue weighted by atomic mass is 127. The first-order valence-electron chi connectivity index (χ1n) is 7.08. The lowest BCUT2D eigenvalue weighted by Crippen LogP contribution is -2.23. The maximum Gasteiger partial charge on any atom is 0.193 e. The Morgan fingerprint density at radius 1 is 1.00 bits per heavy atom. The van der Waals surface area contributed by atoms with Gasteiger partial charge in [-0.05, 0) is 24.3 Å². The van der Waals surface area contributed by atoms with Crippen LogP contribution in [0, 0.1) is 0 Å². The minimum Gasteiger partial charge on any atom is -0.497 e. The van der Waals surface area contributed by atoms with Gasteiger partial charge in [0.25, 0.3) is 0 Å². The Morgan fingerprint density at radius 3 is 2.38 bits per heavy atom. The van der Waals surface area contributed by atoms with E-state index in [2.05, 4.69) is 10.3 Å². The van der Waals surface area contributed by atoms with E-state index in [0.717, 1.165) is 17.0 Å². The van der Waals surface area contributed by atoms with Crippen LogP contribution < -0.4 is 25.3 Å². The van der Waals surface area contributed by atoms with Crippen molar-refractivity contribution in [3.63, 3.8) is 0 Å². The molecule has 0 bridgehead atoms. The van der Waals surface area contributed by atoms with Crippen molar-refractivity contribution in [1.29, 1.82) is 0 Å². The maximum atomic E-state index is 5.94. The van der Waals surface area contributed by atoms with E-state index >= 15 is 0 Å². The summed E-state index contributed by atoms with van der Waals surface area (Å²) in [6, 6.07) is 13.1. The van der Waals surface area contributed by atoms with E-state index in [1.807, 2.05) is 42.5 Å². The van der Waals surface area contributed by atoms with Crippen LogP contribution in [0.4, 0.5) is 5.69 Å². The Hall–Kier alpha value is -2.16. The van der Waals surface area contributed by atoms with Crippen molar-refractivity contribution in [3.05, 3.63) is 48.0 Å². The van der Waals surface area contributed by atoms with Gasteiger partial charge in [0.1, 0.15) is 17.2 Å². The summed E-state index contributed by atoms with van der Waals surface area (Å²) in [6.07, 6.45) is 0. The van der Waals surface area contributed by atoms with Crippen LogP contribution in [0.15, 0.2) is 47.5 Å². The third-order valence-electron chi connectivity index (χ3n) is 3.28. The van der Waals surface area contributed by atoms with Gasteiger partial charge in [-0.15, -0.1) is 24.0 Å². The molecule has 0 aromatic heterocycles. The van der Waals surface area contributed by atoms with E-state index in [-0.39, 0.29) is 24.0 Å². The molecule has 3 N–H and O–H groups in total. The van der Waals surface area contributed by atoms with Crippen molar-refractivity contribution >= 4 is 35.6 Å². The molecule has 0 spiro atoms. The molecule has 0 saturated heterocycles. The number of anilines is 1. The standard InChI is InChI=1S/C17H21N3O3.HI/c1-21-13-9-8-12(16(10-13)23-3)11-19-17(18)20-14-6-4-5-7-15(14)22-2;/h4-10H,11H2,1-3H3,(H3,18,19,20);1H. The molecule has 130 valence electrons. The molecule has 0 amide bonds. The lowest BCUT2D eigenvalue weighted by Gasteiger charge is -2.11. The number of aliphatic imine (C=N–C) groups is 1. The number of rotatable bonds is 6. The topological polar surface area (TPSA) is 78.1 Å². The van der Waals surface area contributed by atoms with Crippen molar-refractivity contribution in [1.82, 2.24) is 0 Å². The van der Waals surface area contributed by atoms with Gasteiger partial charge in [-0.25, -0.2) is 4.99 Å². The van der Waals surface area contributed by atoms with Crippen LogP contribution in [-0.2, 0) is 6.54 Å². The fourth-order valence-corrected chi connectivity index (χ4v) is 2.08. The number of nitrogens with zero attached hydrogens (tertiary/aromatic N) is 1. The van der Waals surface area contributed by atoms with Crippen LogP contribution in [0.5, 0.6) is 17.2 Å². The van der Waals surface area contributed by atoms with E-state index in [0.29, 0.717) is 24.0 Å². The van der Waals surface area contributed by atoms with Gasteiger partial charge in [-0.2, -0.15) is 0 Å². The summed E-state index contributed by atoms with van der Waals surface area (Å²) < 4.78 is 15.8. The van der Waals surface area contributed by atoms with Crippen LogP contribution in [0.3, 0.4) is 0 Å². The second kappa shape index (κ2) is 9.86. The Balaban J connectivity index is 0.00000288. The number of methoxy groups -OCH3 is 3. The number of hydrogen-bond donors (Lipinski definition) is 2. The average molecular weight is 443 g/mol. The average Bonchev–Trinajstić information content (AvgIpc) is 2.60. The molecule has 0 aliphatic carbocycles. The van der Waals surface area contributed by atoms with Crippen LogP contribution in [0.1, 0.15) is 5.56 Å². The van der Waals surface area contributed by atoms with Gasteiger partial charge < -0.3 is 25.3 Å². The van der Waals surface area contributed by atoms with Crippen molar-refractivity contribution < 1.29 is 14.2 Å². The van der Waals surface area contributed by atoms with Gasteiger partial charge in [-0.3, -0.25) is 0 Å². The summed E-state index contributed by atoms with van der Waals surface area (Å²) in [7, 11) is 4.83. The number of nitrogens with one attached hydrogen (secondary N) is 1. The van der Waals surface area contributed by atoms with Gasteiger partial charge in [-0.1, -0.05) is 12.1 Å². The summed E-state index contributed by atoms with van der Waals surface area (Å²) >= 11 is 0. The molecule has 0 fully saturated rings. The first kappa shape index (κ1) is 19.9. The van der Waals surface area contributed by atoms with Crippen molar-refractivity contribution in [2.24, 2.45) is 10.7 Å². The highest BCUT2D eigenvalue weighted by Crippen LogP contribution is 2.25. The fourth-order valence-electron chi connectivity index (χ4n) is 2.08. The van der Waals surface area contributed by atoms with Gasteiger partial charge in [0.2, 0.25) is 0 Å². The molecule has 6 nitrogen and oxygen atoms in total. The largest absolute Gasteiger partial charge is 0.497 e. The van der Waals surface area contributed by atoms with Crippen LogP contribution in [-0.4, -0.2) is 27.3 Å². The van der Waals surface area contributed by atoms with E-state index in [1.165, 1.54) is 0 Å². The lowest BCUT2D eigenvalue weighted by atomic mass is 10.2. The zero-order valence-corrected chi connectivity index (χ0v) is 16.2. The van der Waals surface area contributed by atoms with Gasteiger partial charge >= 0.3 is 0 Å². The summed E-state index contributed by atoms with van der Waals surface area (Å²) in [4.78, 5) is 4.34. The zero-order chi connectivity index (χ0) is 16.7. The lowest BCUT2D eigenvalue weighted by molar-refractivity contribution is 0.391. The monoisotopic (exact) mass is 443 g/mol. The van der Waals surface area contributed by atoms with Crippen LogP contribution >= 0.6 is 24.0 Å². The molecule has 2 aromatic rings. The molecule has 0 aliphatic rings. The number of para-hydroxylation sites is 2. The van der Waals surface area contributed by atoms with Crippen LogP contribution in [0.25, 0.3) is 0 Å². The van der Waals surface area contributed by atoms with Crippen molar-refractivity contribution in [3.8, 4) is 17.2 Å². The highest BCUT2D eigenvalue weighted by Gasteiger charge is 2.06. The first-order valence-corrected chi connectivity index (χ1v) is 7.08. The second-order valence-corrected chi connectivity index (χ2v) is 4.70. The Morgan fingerprint density at radius 2 is 1.71 bits per heavy atom. The minimum absolute atomic E-state index is 0. The van der Waals surface area contributed by atoms with E-state index in [4.69, 9.17) is 19.9 Å². The molecule has 2 rings (SSSR count). The molecule has 0 atom stereocenters. The molecule has 0 unspecified atom stereocenters. The van der Waals surface area contributed by atoms with Gasteiger partial charge in [0, 0.05) is 11.6 Å². The Kier molecular flexibility index (Phi) is 8.17. The number of hydrogen-bond acceptors (Lipinski definition) is 4.